The molecule has 2 aliphatic heterocycles. The van der Waals surface area contributed by atoms with Gasteiger partial charge in [-0.05, 0) is 96.1 Å². The van der Waals surface area contributed by atoms with Crippen LogP contribution in [0.4, 0.5) is 0 Å². The Bertz CT molecular complexity index is 3250. The number of aromatic carboxylic acids is 4. The number of para-hydroxylation sites is 1. The van der Waals surface area contributed by atoms with E-state index in [1.54, 1.807) is 108 Å². The highest BCUT2D eigenvalue weighted by atomic mass is 35.5. The molecule has 5 N–H and O–H groups in total. The standard InChI is InChI=1S/C48H30N4O8.ClH/c53-45(54)34-12-4-1-9-31(34)41-38-22-21-29(51-38)24-28-18-17-26(49-28)23-27-19-20-30(50-27)25-40-42(32-10-2-5-13-35(32)46(55)56)43(33-11-3-6-14-36(33)47(57)58)44(41)52(40)39-16-8-7-15-37(39)48(59)60;/h1-25,49H,(H,53,54)(H,55,56)(H,57,58)(H,59,60);1H. The molecule has 13 heteroatoms. The van der Waals surface area contributed by atoms with Gasteiger partial charge in [-0.2, -0.15) is 0 Å². The zero-order chi connectivity index (χ0) is 41.7. The van der Waals surface area contributed by atoms with Gasteiger partial charge in [-0.3, -0.25) is 0 Å². The van der Waals surface area contributed by atoms with Crippen molar-refractivity contribution in [1.29, 1.82) is 0 Å². The second-order valence-corrected chi connectivity index (χ2v) is 13.9. The second-order valence-electron chi connectivity index (χ2n) is 13.9. The Morgan fingerprint density at radius 2 is 0.885 bits per heavy atom. The predicted octanol–water partition coefficient (Wildman–Crippen LogP) is 10.3. The van der Waals surface area contributed by atoms with Gasteiger partial charge >= 0.3 is 23.9 Å². The number of nitrogens with zero attached hydrogens (tertiary/aromatic N) is 3. The van der Waals surface area contributed by atoms with Crippen LogP contribution in [0.15, 0.2) is 127 Å². The Balaban J connectivity index is 0.00000514. The van der Waals surface area contributed by atoms with Crippen LogP contribution < -0.4 is 0 Å². The van der Waals surface area contributed by atoms with Crippen LogP contribution in [0, 0.1) is 0 Å². The molecule has 9 rings (SSSR count). The summed E-state index contributed by atoms with van der Waals surface area (Å²) < 4.78 is 1.62. The van der Waals surface area contributed by atoms with Gasteiger partial charge in [-0.1, -0.05) is 66.7 Å². The Labute approximate surface area is 352 Å². The maximum atomic E-state index is 13.2. The summed E-state index contributed by atoms with van der Waals surface area (Å²) >= 11 is 0. The van der Waals surface area contributed by atoms with Crippen molar-refractivity contribution in [2.75, 3.05) is 0 Å². The van der Waals surface area contributed by atoms with Gasteiger partial charge in [0.05, 0.1) is 61.8 Å². The second kappa shape index (κ2) is 15.8. The molecule has 0 atom stereocenters. The molecule has 12 nitrogen and oxygen atoms in total. The van der Waals surface area contributed by atoms with E-state index in [1.807, 2.05) is 24.3 Å². The van der Waals surface area contributed by atoms with Gasteiger partial charge in [0.1, 0.15) is 0 Å². The lowest BCUT2D eigenvalue weighted by molar-refractivity contribution is 0.0686. The normalized spacial score (nSPS) is 11.5. The van der Waals surface area contributed by atoms with E-state index in [1.165, 1.54) is 24.3 Å². The average Bonchev–Trinajstić information content (AvgIpc) is 4.06. The van der Waals surface area contributed by atoms with Crippen LogP contribution in [-0.4, -0.2) is 63.8 Å². The molecule has 0 fully saturated rings. The Morgan fingerprint density at radius 3 is 1.43 bits per heavy atom. The molecule has 0 spiro atoms. The van der Waals surface area contributed by atoms with E-state index in [9.17, 15) is 39.6 Å². The summed E-state index contributed by atoms with van der Waals surface area (Å²) in [5.74, 6) is -5.14. The summed E-state index contributed by atoms with van der Waals surface area (Å²) in [6.07, 6.45) is 7.01. The van der Waals surface area contributed by atoms with Gasteiger partial charge in [0.25, 0.3) is 0 Å². The third kappa shape index (κ3) is 7.02. The quantitative estimate of drug-likeness (QED) is 0.0983. The number of aromatic amines is 1. The number of carbonyl (C=O) groups is 4. The zero-order valence-electron chi connectivity index (χ0n) is 31.6. The summed E-state index contributed by atoms with van der Waals surface area (Å²) in [7, 11) is 0. The van der Waals surface area contributed by atoms with Gasteiger partial charge in [-0.15, -0.1) is 12.4 Å². The zero-order valence-corrected chi connectivity index (χ0v) is 32.4. The van der Waals surface area contributed by atoms with E-state index in [0.29, 0.717) is 22.6 Å². The summed E-state index contributed by atoms with van der Waals surface area (Å²) in [5, 5.41) is 43.0. The number of nitrogens with one attached hydrogen (secondary N) is 1. The molecule has 4 aromatic carbocycles. The highest BCUT2D eigenvalue weighted by molar-refractivity contribution is 6.17. The summed E-state index contributed by atoms with van der Waals surface area (Å²) in [4.78, 5) is 66.1. The SMILES string of the molecule is Cl.O=C(O)c1ccccc1-c1c(-c2ccccc2C(=O)O)c2c(-c3ccccc3C(=O)O)c3nc(cc4ccc(cc5nc(cc1n2-c1ccccc1C(=O)O)C=C5)[nH]4)C=C3. The number of halogens is 1. The Kier molecular flexibility index (Phi) is 10.2. The number of hydrogen-bond donors (Lipinski definition) is 5. The number of H-pyrrole nitrogens is 1. The van der Waals surface area contributed by atoms with Crippen molar-refractivity contribution in [2.45, 2.75) is 0 Å². The van der Waals surface area contributed by atoms with Gasteiger partial charge in [0.15, 0.2) is 0 Å². The molecule has 3 aromatic heterocycles. The summed E-state index contributed by atoms with van der Waals surface area (Å²) in [5.41, 5.74) is 4.17. The fourth-order valence-corrected chi connectivity index (χ4v) is 7.86. The molecule has 0 radical (unpaired) electrons. The van der Waals surface area contributed by atoms with Crippen LogP contribution in [0.25, 0.3) is 85.4 Å². The number of benzene rings is 4. The lowest BCUT2D eigenvalue weighted by atomic mass is 9.88. The molecule has 61 heavy (non-hydrogen) atoms. The molecule has 0 saturated carbocycles. The molecule has 0 amide bonds. The minimum absolute atomic E-state index is 0. The molecule has 0 unspecified atom stereocenters. The van der Waals surface area contributed by atoms with Crippen molar-refractivity contribution in [1.82, 2.24) is 19.5 Å². The van der Waals surface area contributed by atoms with Crippen LogP contribution in [0.2, 0.25) is 0 Å². The number of carboxylic acids is 4. The third-order valence-electron chi connectivity index (χ3n) is 10.3. The molecule has 2 aliphatic rings. The van der Waals surface area contributed by atoms with E-state index in [-0.39, 0.29) is 90.5 Å². The summed E-state index contributed by atoms with van der Waals surface area (Å²) in [6.45, 7) is 0. The fourth-order valence-electron chi connectivity index (χ4n) is 7.86. The van der Waals surface area contributed by atoms with E-state index >= 15 is 0 Å². The minimum atomic E-state index is -1.30. The van der Waals surface area contributed by atoms with Gasteiger partial charge in [-0.25, -0.2) is 29.1 Å². The molecular weight excluding hydrogens is 796 g/mol. The van der Waals surface area contributed by atoms with Crippen LogP contribution in [-0.2, 0) is 0 Å². The highest BCUT2D eigenvalue weighted by Gasteiger charge is 2.31. The molecule has 0 aliphatic carbocycles. The first-order chi connectivity index (χ1) is 29.1. The van der Waals surface area contributed by atoms with Gasteiger partial charge < -0.3 is 30.0 Å². The van der Waals surface area contributed by atoms with E-state index < -0.39 is 23.9 Å². The summed E-state index contributed by atoms with van der Waals surface area (Å²) in [6, 6.07) is 34.1. The van der Waals surface area contributed by atoms with E-state index in [4.69, 9.17) is 9.97 Å². The van der Waals surface area contributed by atoms with Gasteiger partial charge in [0.2, 0.25) is 0 Å². The third-order valence-corrected chi connectivity index (χ3v) is 10.3. The van der Waals surface area contributed by atoms with Crippen molar-refractivity contribution in [3.63, 3.8) is 0 Å². The molecule has 8 bridgehead atoms. The monoisotopic (exact) mass is 826 g/mol. The predicted molar refractivity (Wildman–Crippen MR) is 235 cm³/mol. The Hall–Kier alpha value is -8.35. The van der Waals surface area contributed by atoms with E-state index in [0.717, 1.165) is 5.52 Å². The lowest BCUT2D eigenvalue weighted by Crippen LogP contribution is -2.07. The number of aromatic nitrogens is 4. The number of carboxylic acid groups (broad SMARTS) is 4. The molecule has 5 heterocycles. The maximum Gasteiger partial charge on any atom is 0.337 e. The number of hydrogen-bond acceptors (Lipinski definition) is 6. The minimum Gasteiger partial charge on any atom is -0.478 e. The molecule has 7 aromatic rings. The molecule has 0 saturated heterocycles. The first-order valence-electron chi connectivity index (χ1n) is 18.5. The number of rotatable bonds is 8. The largest absolute Gasteiger partial charge is 0.478 e. The van der Waals surface area contributed by atoms with E-state index in [2.05, 4.69) is 4.98 Å². The average molecular weight is 827 g/mol. The van der Waals surface area contributed by atoms with Crippen LogP contribution in [0.3, 0.4) is 0 Å². The number of fused-ring (bicyclic) bond motifs is 8. The highest BCUT2D eigenvalue weighted by Crippen LogP contribution is 2.49. The first-order valence-corrected chi connectivity index (χ1v) is 18.5. The molecule has 298 valence electrons. The van der Waals surface area contributed by atoms with Crippen molar-refractivity contribution in [3.8, 4) is 39.1 Å². The van der Waals surface area contributed by atoms with Crippen LogP contribution >= 0.6 is 12.4 Å². The first kappa shape index (κ1) is 39.5. The van der Waals surface area contributed by atoms with Crippen molar-refractivity contribution in [2.24, 2.45) is 0 Å². The van der Waals surface area contributed by atoms with Gasteiger partial charge in [0, 0.05) is 33.3 Å². The van der Waals surface area contributed by atoms with Crippen molar-refractivity contribution in [3.05, 3.63) is 172 Å². The molecular formula is C48H31ClN4O8. The topological polar surface area (TPSA) is 196 Å². The van der Waals surface area contributed by atoms with Crippen molar-refractivity contribution < 1.29 is 39.6 Å². The maximum absolute atomic E-state index is 13.2. The lowest BCUT2D eigenvalue weighted by Gasteiger charge is -2.16. The van der Waals surface area contributed by atoms with Crippen LogP contribution in [0.1, 0.15) is 64.2 Å². The fraction of sp³-hybridized carbons (Fsp3) is 0. The Morgan fingerprint density at radius 1 is 0.459 bits per heavy atom. The van der Waals surface area contributed by atoms with Crippen LogP contribution in [0.5, 0.6) is 0 Å². The van der Waals surface area contributed by atoms with Crippen molar-refractivity contribution >= 4 is 82.7 Å². The smallest absolute Gasteiger partial charge is 0.337 e.